The normalized spacial score (nSPS) is 19.8. The lowest BCUT2D eigenvalue weighted by molar-refractivity contribution is 0.0341. The van der Waals surface area contributed by atoms with Crippen molar-refractivity contribution < 1.29 is 9.53 Å². The molecule has 1 saturated carbocycles. The van der Waals surface area contributed by atoms with Gasteiger partial charge < -0.3 is 15.4 Å². The average molecular weight is 331 g/mol. The summed E-state index contributed by atoms with van der Waals surface area (Å²) >= 11 is 0. The van der Waals surface area contributed by atoms with Crippen molar-refractivity contribution in [3.8, 4) is 0 Å². The van der Waals surface area contributed by atoms with E-state index >= 15 is 0 Å². The minimum Gasteiger partial charge on any atom is -0.379 e. The third-order valence-corrected chi connectivity index (χ3v) is 5.00. The number of nitrogens with one attached hydrogen (secondary N) is 2. The minimum atomic E-state index is -0.0388. The molecule has 1 aliphatic heterocycles. The third-order valence-electron chi connectivity index (χ3n) is 5.00. The van der Waals surface area contributed by atoms with Gasteiger partial charge in [-0.3, -0.25) is 4.90 Å². The van der Waals surface area contributed by atoms with Crippen LogP contribution in [-0.2, 0) is 17.8 Å². The molecule has 0 radical (unpaired) electrons. The van der Waals surface area contributed by atoms with Gasteiger partial charge in [-0.05, 0) is 24.0 Å². The molecule has 1 aliphatic carbocycles. The van der Waals surface area contributed by atoms with Crippen molar-refractivity contribution >= 4 is 6.03 Å². The van der Waals surface area contributed by atoms with Crippen LogP contribution in [0, 0.1) is 0 Å². The molecule has 1 saturated heterocycles. The van der Waals surface area contributed by atoms with E-state index in [2.05, 4.69) is 33.7 Å². The van der Waals surface area contributed by atoms with Crippen LogP contribution in [0.1, 0.15) is 43.2 Å². The first-order valence-electron chi connectivity index (χ1n) is 9.22. The first-order chi connectivity index (χ1) is 11.8. The Morgan fingerprint density at radius 3 is 2.54 bits per heavy atom. The predicted octanol–water partition coefficient (Wildman–Crippen LogP) is 2.65. The summed E-state index contributed by atoms with van der Waals surface area (Å²) < 4.78 is 5.41. The van der Waals surface area contributed by atoms with E-state index in [4.69, 9.17) is 4.74 Å². The van der Waals surface area contributed by atoms with Crippen LogP contribution in [0.25, 0.3) is 0 Å². The van der Waals surface area contributed by atoms with Gasteiger partial charge in [0.05, 0.1) is 13.2 Å². The SMILES string of the molecule is O=C(NCc1ccccc1CN1CCOCC1)NC1CCCCC1. The quantitative estimate of drug-likeness (QED) is 0.872. The number of carbonyl (C=O) groups excluding carboxylic acids is 1. The van der Waals surface area contributed by atoms with E-state index in [1.165, 1.54) is 30.4 Å². The van der Waals surface area contributed by atoms with Gasteiger partial charge in [0.1, 0.15) is 0 Å². The van der Waals surface area contributed by atoms with Crippen LogP contribution in [0.2, 0.25) is 0 Å². The van der Waals surface area contributed by atoms with Gasteiger partial charge in [-0.25, -0.2) is 4.79 Å². The number of benzene rings is 1. The van der Waals surface area contributed by atoms with E-state index in [0.29, 0.717) is 12.6 Å². The summed E-state index contributed by atoms with van der Waals surface area (Å²) in [6, 6.07) is 8.69. The molecule has 1 heterocycles. The summed E-state index contributed by atoms with van der Waals surface area (Å²) in [6.45, 7) is 5.08. The lowest BCUT2D eigenvalue weighted by Crippen LogP contribution is -2.42. The number of urea groups is 1. The van der Waals surface area contributed by atoms with Crippen LogP contribution in [0.15, 0.2) is 24.3 Å². The van der Waals surface area contributed by atoms with E-state index < -0.39 is 0 Å². The van der Waals surface area contributed by atoms with Gasteiger partial charge in [-0.1, -0.05) is 43.5 Å². The zero-order valence-electron chi connectivity index (χ0n) is 14.4. The Bertz CT molecular complexity index is 523. The molecule has 1 aromatic carbocycles. The highest BCUT2D eigenvalue weighted by Crippen LogP contribution is 2.17. The third kappa shape index (κ3) is 5.21. The molecule has 0 bridgehead atoms. The van der Waals surface area contributed by atoms with Crippen LogP contribution < -0.4 is 10.6 Å². The number of carbonyl (C=O) groups is 1. The number of hydrogen-bond acceptors (Lipinski definition) is 3. The van der Waals surface area contributed by atoms with Gasteiger partial charge >= 0.3 is 6.03 Å². The number of hydrogen-bond donors (Lipinski definition) is 2. The van der Waals surface area contributed by atoms with Crippen LogP contribution in [-0.4, -0.2) is 43.3 Å². The lowest BCUT2D eigenvalue weighted by atomic mass is 9.96. The molecular formula is C19H29N3O2. The van der Waals surface area contributed by atoms with Gasteiger partial charge in [0, 0.05) is 32.2 Å². The second-order valence-electron chi connectivity index (χ2n) is 6.82. The summed E-state index contributed by atoms with van der Waals surface area (Å²) in [5.41, 5.74) is 2.49. The Kier molecular flexibility index (Phi) is 6.49. The predicted molar refractivity (Wildman–Crippen MR) is 94.8 cm³/mol. The van der Waals surface area contributed by atoms with Gasteiger partial charge in [-0.2, -0.15) is 0 Å². The highest BCUT2D eigenvalue weighted by molar-refractivity contribution is 5.74. The highest BCUT2D eigenvalue weighted by atomic mass is 16.5. The van der Waals surface area contributed by atoms with Crippen molar-refractivity contribution in [3.05, 3.63) is 35.4 Å². The monoisotopic (exact) mass is 331 g/mol. The number of amides is 2. The summed E-state index contributed by atoms with van der Waals surface area (Å²) in [7, 11) is 0. The molecule has 2 amide bonds. The summed E-state index contributed by atoms with van der Waals surface area (Å²) in [4.78, 5) is 14.5. The van der Waals surface area contributed by atoms with Crippen LogP contribution >= 0.6 is 0 Å². The number of ether oxygens (including phenoxy) is 1. The fourth-order valence-electron chi connectivity index (χ4n) is 3.54. The van der Waals surface area contributed by atoms with Crippen LogP contribution in [0.5, 0.6) is 0 Å². The Labute approximate surface area is 144 Å². The van der Waals surface area contributed by atoms with Crippen molar-refractivity contribution in [1.29, 1.82) is 0 Å². The highest BCUT2D eigenvalue weighted by Gasteiger charge is 2.16. The Morgan fingerprint density at radius 1 is 1.08 bits per heavy atom. The van der Waals surface area contributed by atoms with Crippen molar-refractivity contribution in [2.75, 3.05) is 26.3 Å². The molecule has 5 nitrogen and oxygen atoms in total. The summed E-state index contributed by atoms with van der Waals surface area (Å²) in [6.07, 6.45) is 5.98. The van der Waals surface area contributed by atoms with Crippen molar-refractivity contribution in [1.82, 2.24) is 15.5 Å². The number of morpholine rings is 1. The first kappa shape index (κ1) is 17.2. The van der Waals surface area contributed by atoms with Gasteiger partial charge in [0.2, 0.25) is 0 Å². The largest absolute Gasteiger partial charge is 0.379 e. The molecule has 3 rings (SSSR count). The fraction of sp³-hybridized carbons (Fsp3) is 0.632. The second-order valence-corrected chi connectivity index (χ2v) is 6.82. The maximum absolute atomic E-state index is 12.1. The zero-order valence-corrected chi connectivity index (χ0v) is 14.4. The molecule has 132 valence electrons. The maximum atomic E-state index is 12.1. The van der Waals surface area contributed by atoms with Crippen LogP contribution in [0.4, 0.5) is 4.79 Å². The fourth-order valence-corrected chi connectivity index (χ4v) is 3.54. The first-order valence-corrected chi connectivity index (χ1v) is 9.22. The molecule has 24 heavy (non-hydrogen) atoms. The summed E-state index contributed by atoms with van der Waals surface area (Å²) in [5, 5.41) is 6.14. The Hall–Kier alpha value is -1.59. The molecule has 0 spiro atoms. The molecule has 0 atom stereocenters. The van der Waals surface area contributed by atoms with Crippen molar-refractivity contribution in [2.45, 2.75) is 51.2 Å². The topological polar surface area (TPSA) is 53.6 Å². The van der Waals surface area contributed by atoms with Crippen molar-refractivity contribution in [3.63, 3.8) is 0 Å². The Morgan fingerprint density at radius 2 is 1.79 bits per heavy atom. The van der Waals surface area contributed by atoms with E-state index in [1.54, 1.807) is 0 Å². The average Bonchev–Trinajstić information content (AvgIpc) is 2.63. The molecular weight excluding hydrogens is 302 g/mol. The zero-order chi connectivity index (χ0) is 16.6. The van der Waals surface area contributed by atoms with E-state index in [0.717, 1.165) is 45.7 Å². The van der Waals surface area contributed by atoms with Gasteiger partial charge in [0.25, 0.3) is 0 Å². The van der Waals surface area contributed by atoms with Crippen molar-refractivity contribution in [2.24, 2.45) is 0 Å². The molecule has 2 N–H and O–H groups in total. The smallest absolute Gasteiger partial charge is 0.315 e. The second kappa shape index (κ2) is 9.04. The number of rotatable bonds is 5. The minimum absolute atomic E-state index is 0.0388. The Balaban J connectivity index is 1.49. The number of nitrogens with zero attached hydrogens (tertiary/aromatic N) is 1. The molecule has 2 fully saturated rings. The van der Waals surface area contributed by atoms with Crippen LogP contribution in [0.3, 0.4) is 0 Å². The van der Waals surface area contributed by atoms with E-state index in [1.807, 2.05) is 6.07 Å². The molecule has 2 aliphatic rings. The van der Waals surface area contributed by atoms with E-state index in [9.17, 15) is 4.79 Å². The van der Waals surface area contributed by atoms with Gasteiger partial charge in [-0.15, -0.1) is 0 Å². The molecule has 5 heteroatoms. The molecule has 0 unspecified atom stereocenters. The van der Waals surface area contributed by atoms with E-state index in [-0.39, 0.29) is 6.03 Å². The molecule has 1 aromatic rings. The van der Waals surface area contributed by atoms with Gasteiger partial charge in [0.15, 0.2) is 0 Å². The summed E-state index contributed by atoms with van der Waals surface area (Å²) in [5.74, 6) is 0. The standard InChI is InChI=1S/C19H29N3O2/c23-19(21-18-8-2-1-3-9-18)20-14-16-6-4-5-7-17(16)15-22-10-12-24-13-11-22/h4-7,18H,1-3,8-15H2,(H2,20,21,23). The lowest BCUT2D eigenvalue weighted by Gasteiger charge is -2.27. The molecule has 0 aromatic heterocycles. The maximum Gasteiger partial charge on any atom is 0.315 e.